The van der Waals surface area contributed by atoms with Gasteiger partial charge in [0, 0.05) is 0 Å². The van der Waals surface area contributed by atoms with E-state index in [9.17, 15) is 37.8 Å². The van der Waals surface area contributed by atoms with Crippen LogP contribution in [0.2, 0.25) is 0 Å². The van der Waals surface area contributed by atoms with Gasteiger partial charge in [-0.25, -0.2) is 22.6 Å². The molecule has 180 valence electrons. The van der Waals surface area contributed by atoms with Crippen LogP contribution in [0.25, 0.3) is 10.9 Å². The second-order valence-corrected chi connectivity index (χ2v) is 9.46. The van der Waals surface area contributed by atoms with E-state index in [2.05, 4.69) is 0 Å². The normalized spacial score (nSPS) is 12.5. The standard InChI is InChI=1S/C23H18N2O9S/c26-19(27)12-17(22(29)30)25-21(28)20-16(24(23(25)31)13-14-6-5-11-34-14)9-4-10-18(20)35(32,33)15-7-2-1-3-8-15/h1-11,17H,12-13H2,(H,26,27)(H,29,30). The van der Waals surface area contributed by atoms with E-state index in [0.29, 0.717) is 0 Å². The van der Waals surface area contributed by atoms with Crippen molar-refractivity contribution < 1.29 is 32.6 Å². The molecule has 0 radical (unpaired) electrons. The van der Waals surface area contributed by atoms with Crippen LogP contribution in [0, 0.1) is 0 Å². The Morgan fingerprint density at radius 1 is 0.943 bits per heavy atom. The summed E-state index contributed by atoms with van der Waals surface area (Å²) >= 11 is 0. The van der Waals surface area contributed by atoms with E-state index in [1.807, 2.05) is 0 Å². The van der Waals surface area contributed by atoms with E-state index < -0.39 is 55.8 Å². The lowest BCUT2D eigenvalue weighted by Gasteiger charge is -2.19. The minimum Gasteiger partial charge on any atom is -0.481 e. The summed E-state index contributed by atoms with van der Waals surface area (Å²) in [6, 6.07) is 12.1. The first kappa shape index (κ1) is 23.7. The van der Waals surface area contributed by atoms with Crippen LogP contribution in [-0.4, -0.2) is 39.7 Å². The number of fused-ring (bicyclic) bond motifs is 1. The fourth-order valence-corrected chi connectivity index (χ4v) is 5.28. The molecule has 11 nitrogen and oxygen atoms in total. The number of rotatable bonds is 8. The first-order valence-corrected chi connectivity index (χ1v) is 11.7. The topological polar surface area (TPSA) is 166 Å². The summed E-state index contributed by atoms with van der Waals surface area (Å²) in [6.45, 7) is -0.267. The monoisotopic (exact) mass is 498 g/mol. The molecular formula is C23H18N2O9S. The van der Waals surface area contributed by atoms with E-state index in [-0.39, 0.29) is 27.3 Å². The molecule has 0 aliphatic rings. The second-order valence-electron chi connectivity index (χ2n) is 7.54. The van der Waals surface area contributed by atoms with Gasteiger partial charge in [0.05, 0.1) is 39.9 Å². The van der Waals surface area contributed by atoms with Gasteiger partial charge in [-0.05, 0) is 36.4 Å². The highest BCUT2D eigenvalue weighted by molar-refractivity contribution is 7.91. The third-order valence-corrected chi connectivity index (χ3v) is 7.18. The van der Waals surface area contributed by atoms with E-state index in [1.54, 1.807) is 12.1 Å². The Morgan fingerprint density at radius 2 is 1.66 bits per heavy atom. The SMILES string of the molecule is O=C(O)CC(C(=O)O)n1c(=O)c2c(S(=O)(=O)c3ccccc3)cccc2n(Cc2ccco2)c1=O. The molecule has 0 bridgehead atoms. The van der Waals surface area contributed by atoms with Crippen LogP contribution in [0.1, 0.15) is 18.2 Å². The molecule has 2 heterocycles. The third-order valence-electron chi connectivity index (χ3n) is 5.37. The molecule has 4 aromatic rings. The van der Waals surface area contributed by atoms with Gasteiger partial charge < -0.3 is 14.6 Å². The van der Waals surface area contributed by atoms with Gasteiger partial charge >= 0.3 is 17.6 Å². The Morgan fingerprint density at radius 3 is 2.26 bits per heavy atom. The summed E-state index contributed by atoms with van der Waals surface area (Å²) in [7, 11) is -4.28. The summed E-state index contributed by atoms with van der Waals surface area (Å²) in [5.41, 5.74) is -2.43. The predicted molar refractivity (Wildman–Crippen MR) is 121 cm³/mol. The average molecular weight is 498 g/mol. The average Bonchev–Trinajstić information content (AvgIpc) is 3.34. The Kier molecular flexibility index (Phi) is 6.14. The third kappa shape index (κ3) is 4.26. The quantitative estimate of drug-likeness (QED) is 0.368. The highest BCUT2D eigenvalue weighted by Crippen LogP contribution is 2.26. The lowest BCUT2D eigenvalue weighted by molar-refractivity contribution is -0.147. The zero-order valence-electron chi connectivity index (χ0n) is 17.9. The van der Waals surface area contributed by atoms with Crippen molar-refractivity contribution >= 4 is 32.7 Å². The minimum atomic E-state index is -4.28. The van der Waals surface area contributed by atoms with Crippen molar-refractivity contribution in [2.24, 2.45) is 0 Å². The molecule has 0 aliphatic heterocycles. The molecule has 12 heteroatoms. The van der Waals surface area contributed by atoms with Crippen LogP contribution in [0.3, 0.4) is 0 Å². The van der Waals surface area contributed by atoms with Crippen LogP contribution in [0.15, 0.2) is 90.7 Å². The Bertz CT molecular complexity index is 1650. The molecule has 2 aromatic heterocycles. The molecule has 0 saturated heterocycles. The highest BCUT2D eigenvalue weighted by atomic mass is 32.2. The Hall–Kier alpha value is -4.45. The molecular weight excluding hydrogens is 480 g/mol. The lowest BCUT2D eigenvalue weighted by atomic mass is 10.1. The number of benzene rings is 2. The minimum absolute atomic E-state index is 0.0795. The van der Waals surface area contributed by atoms with Gasteiger partial charge in [0.15, 0.2) is 0 Å². The Balaban J connectivity index is 2.14. The molecule has 4 rings (SSSR count). The maximum Gasteiger partial charge on any atom is 0.332 e. The van der Waals surface area contributed by atoms with Gasteiger partial charge in [-0.1, -0.05) is 24.3 Å². The summed E-state index contributed by atoms with van der Waals surface area (Å²) in [6.07, 6.45) is 0.263. The van der Waals surface area contributed by atoms with Crippen LogP contribution in [0.5, 0.6) is 0 Å². The summed E-state index contributed by atoms with van der Waals surface area (Å²) < 4.78 is 33.4. The van der Waals surface area contributed by atoms with E-state index in [0.717, 1.165) is 4.57 Å². The van der Waals surface area contributed by atoms with E-state index >= 15 is 0 Å². The van der Waals surface area contributed by atoms with E-state index in [4.69, 9.17) is 4.42 Å². The van der Waals surface area contributed by atoms with Crippen molar-refractivity contribution in [1.82, 2.24) is 9.13 Å². The molecule has 0 saturated carbocycles. The number of hydrogen-bond donors (Lipinski definition) is 2. The van der Waals surface area contributed by atoms with E-state index in [1.165, 1.54) is 54.8 Å². The molecule has 2 N–H and O–H groups in total. The van der Waals surface area contributed by atoms with Crippen molar-refractivity contribution in [3.8, 4) is 0 Å². The Labute approximate surface area is 197 Å². The summed E-state index contributed by atoms with van der Waals surface area (Å²) in [5.74, 6) is -3.04. The van der Waals surface area contributed by atoms with Gasteiger partial charge in [0.25, 0.3) is 5.56 Å². The molecule has 35 heavy (non-hydrogen) atoms. The van der Waals surface area contributed by atoms with Gasteiger partial charge in [-0.3, -0.25) is 14.2 Å². The van der Waals surface area contributed by atoms with Gasteiger partial charge in [-0.15, -0.1) is 0 Å². The molecule has 2 aromatic carbocycles. The zero-order valence-corrected chi connectivity index (χ0v) is 18.7. The summed E-state index contributed by atoms with van der Waals surface area (Å²) in [4.78, 5) is 49.6. The fraction of sp³-hybridized carbons (Fsp3) is 0.130. The van der Waals surface area contributed by atoms with Crippen LogP contribution in [-0.2, 0) is 26.0 Å². The smallest absolute Gasteiger partial charge is 0.332 e. The van der Waals surface area contributed by atoms with Gasteiger partial charge in [0.1, 0.15) is 11.8 Å². The van der Waals surface area contributed by atoms with Gasteiger partial charge in [0.2, 0.25) is 9.84 Å². The first-order valence-electron chi connectivity index (χ1n) is 10.2. The van der Waals surface area contributed by atoms with Crippen molar-refractivity contribution in [1.29, 1.82) is 0 Å². The molecule has 0 amide bonds. The number of sulfone groups is 1. The number of nitrogens with zero attached hydrogens (tertiary/aromatic N) is 2. The maximum atomic E-state index is 13.5. The predicted octanol–water partition coefficient (Wildman–Crippen LogP) is 1.74. The summed E-state index contributed by atoms with van der Waals surface area (Å²) in [5, 5.41) is 18.4. The van der Waals surface area contributed by atoms with Crippen molar-refractivity contribution in [2.45, 2.75) is 28.8 Å². The molecule has 1 unspecified atom stereocenters. The fourth-order valence-electron chi connectivity index (χ4n) is 3.79. The van der Waals surface area contributed by atoms with Crippen LogP contribution < -0.4 is 11.2 Å². The molecule has 1 atom stereocenters. The largest absolute Gasteiger partial charge is 0.481 e. The van der Waals surface area contributed by atoms with Crippen LogP contribution in [0.4, 0.5) is 0 Å². The molecule has 0 spiro atoms. The lowest BCUT2D eigenvalue weighted by Crippen LogP contribution is -2.45. The van der Waals surface area contributed by atoms with Crippen molar-refractivity contribution in [2.75, 3.05) is 0 Å². The number of carboxylic acid groups (broad SMARTS) is 2. The number of aliphatic carboxylic acids is 2. The maximum absolute atomic E-state index is 13.5. The van der Waals surface area contributed by atoms with Crippen molar-refractivity contribution in [3.05, 3.63) is 93.5 Å². The number of carboxylic acids is 2. The zero-order chi connectivity index (χ0) is 25.3. The number of aromatic nitrogens is 2. The molecule has 0 aliphatic carbocycles. The van der Waals surface area contributed by atoms with Crippen LogP contribution >= 0.6 is 0 Å². The highest BCUT2D eigenvalue weighted by Gasteiger charge is 2.31. The van der Waals surface area contributed by atoms with Crippen molar-refractivity contribution in [3.63, 3.8) is 0 Å². The number of hydrogen-bond acceptors (Lipinski definition) is 7. The molecule has 0 fully saturated rings. The second kappa shape index (κ2) is 9.06. The first-order chi connectivity index (χ1) is 16.6. The number of carbonyl (C=O) groups is 2. The number of furan rings is 1. The van der Waals surface area contributed by atoms with Gasteiger partial charge in [-0.2, -0.15) is 0 Å².